The van der Waals surface area contributed by atoms with Gasteiger partial charge in [0.05, 0.1) is 5.92 Å². The van der Waals surface area contributed by atoms with Crippen molar-refractivity contribution >= 4 is 5.97 Å². The molecule has 0 saturated heterocycles. The molecule has 0 aromatic carbocycles. The van der Waals surface area contributed by atoms with Gasteiger partial charge in [0.25, 0.3) is 0 Å². The SMILES string of the molecule is C=C/C(=C\C=C/C)C(C)C(=O)O. The second-order valence-electron chi connectivity index (χ2n) is 2.46. The average Bonchev–Trinajstić information content (AvgIpc) is 2.05. The topological polar surface area (TPSA) is 37.3 Å². The monoisotopic (exact) mass is 166 g/mol. The molecule has 2 heteroatoms. The van der Waals surface area contributed by atoms with Crippen molar-refractivity contribution < 1.29 is 9.90 Å². The fourth-order valence-corrected chi connectivity index (χ4v) is 0.739. The van der Waals surface area contributed by atoms with Crippen LogP contribution in [0.2, 0.25) is 0 Å². The Labute approximate surface area is 72.9 Å². The largest absolute Gasteiger partial charge is 0.481 e. The lowest BCUT2D eigenvalue weighted by molar-refractivity contribution is -0.139. The minimum atomic E-state index is -0.828. The summed E-state index contributed by atoms with van der Waals surface area (Å²) in [6.07, 6.45) is 6.97. The Morgan fingerprint density at radius 1 is 1.58 bits per heavy atom. The number of rotatable bonds is 4. The lowest BCUT2D eigenvalue weighted by Gasteiger charge is -2.05. The minimum absolute atomic E-state index is 0.487. The van der Waals surface area contributed by atoms with Crippen LogP contribution in [0.25, 0.3) is 0 Å². The molecule has 0 fully saturated rings. The fourth-order valence-electron chi connectivity index (χ4n) is 0.739. The molecule has 12 heavy (non-hydrogen) atoms. The van der Waals surface area contributed by atoms with Crippen molar-refractivity contribution in [1.29, 1.82) is 0 Å². The summed E-state index contributed by atoms with van der Waals surface area (Å²) in [5.41, 5.74) is 0.723. The van der Waals surface area contributed by atoms with E-state index in [9.17, 15) is 4.79 Å². The first-order chi connectivity index (χ1) is 5.63. The predicted molar refractivity (Wildman–Crippen MR) is 49.9 cm³/mol. The molecule has 0 heterocycles. The highest BCUT2D eigenvalue weighted by Crippen LogP contribution is 2.11. The van der Waals surface area contributed by atoms with Crippen LogP contribution >= 0.6 is 0 Å². The summed E-state index contributed by atoms with van der Waals surface area (Å²) in [7, 11) is 0. The third-order valence-electron chi connectivity index (χ3n) is 1.59. The van der Waals surface area contributed by atoms with Gasteiger partial charge in [0.2, 0.25) is 0 Å². The van der Waals surface area contributed by atoms with Crippen LogP contribution < -0.4 is 0 Å². The molecule has 0 aliphatic heterocycles. The summed E-state index contributed by atoms with van der Waals surface area (Å²) in [5.74, 6) is -1.32. The molecule has 1 atom stereocenters. The Balaban J connectivity index is 4.54. The quantitative estimate of drug-likeness (QED) is 0.651. The summed E-state index contributed by atoms with van der Waals surface area (Å²) >= 11 is 0. The molecule has 0 saturated carbocycles. The van der Waals surface area contributed by atoms with E-state index in [1.165, 1.54) is 0 Å². The van der Waals surface area contributed by atoms with E-state index in [2.05, 4.69) is 6.58 Å². The van der Waals surface area contributed by atoms with Gasteiger partial charge in [-0.05, 0) is 19.4 Å². The van der Waals surface area contributed by atoms with Crippen LogP contribution in [-0.4, -0.2) is 11.1 Å². The molecule has 0 aliphatic carbocycles. The molecule has 0 spiro atoms. The van der Waals surface area contributed by atoms with Crippen molar-refractivity contribution in [2.45, 2.75) is 13.8 Å². The normalized spacial score (nSPS) is 14.7. The highest BCUT2D eigenvalue weighted by molar-refractivity contribution is 5.74. The highest BCUT2D eigenvalue weighted by atomic mass is 16.4. The van der Waals surface area contributed by atoms with E-state index < -0.39 is 11.9 Å². The van der Waals surface area contributed by atoms with Gasteiger partial charge in [-0.2, -0.15) is 0 Å². The van der Waals surface area contributed by atoms with Crippen LogP contribution in [0.4, 0.5) is 0 Å². The van der Waals surface area contributed by atoms with Crippen LogP contribution in [0.1, 0.15) is 13.8 Å². The molecular weight excluding hydrogens is 152 g/mol. The maximum Gasteiger partial charge on any atom is 0.310 e. The predicted octanol–water partition coefficient (Wildman–Crippen LogP) is 2.40. The van der Waals surface area contributed by atoms with Gasteiger partial charge in [-0.3, -0.25) is 4.79 Å². The zero-order valence-electron chi connectivity index (χ0n) is 7.45. The lowest BCUT2D eigenvalue weighted by atomic mass is 10.0. The van der Waals surface area contributed by atoms with Crippen molar-refractivity contribution in [2.75, 3.05) is 0 Å². The van der Waals surface area contributed by atoms with Gasteiger partial charge in [-0.15, -0.1) is 0 Å². The van der Waals surface area contributed by atoms with Crippen molar-refractivity contribution in [3.05, 3.63) is 36.5 Å². The molecule has 0 rings (SSSR count). The van der Waals surface area contributed by atoms with Gasteiger partial charge in [0, 0.05) is 0 Å². The van der Waals surface area contributed by atoms with E-state index >= 15 is 0 Å². The van der Waals surface area contributed by atoms with E-state index in [1.54, 1.807) is 25.2 Å². The number of hydrogen-bond donors (Lipinski definition) is 1. The summed E-state index contributed by atoms with van der Waals surface area (Å²) in [4.78, 5) is 10.6. The van der Waals surface area contributed by atoms with Gasteiger partial charge in [0.1, 0.15) is 0 Å². The third kappa shape index (κ3) is 3.19. The van der Waals surface area contributed by atoms with E-state index in [-0.39, 0.29) is 0 Å². The minimum Gasteiger partial charge on any atom is -0.481 e. The number of allylic oxidation sites excluding steroid dienone is 4. The Morgan fingerprint density at radius 2 is 2.17 bits per heavy atom. The van der Waals surface area contributed by atoms with Crippen molar-refractivity contribution in [3.63, 3.8) is 0 Å². The van der Waals surface area contributed by atoms with Crippen LogP contribution in [0.5, 0.6) is 0 Å². The molecule has 0 aliphatic rings. The molecule has 0 bridgehead atoms. The van der Waals surface area contributed by atoms with Gasteiger partial charge >= 0.3 is 5.97 Å². The Kier molecular flexibility index (Phi) is 4.77. The maximum atomic E-state index is 10.6. The summed E-state index contributed by atoms with van der Waals surface area (Å²) in [6, 6.07) is 0. The zero-order valence-corrected chi connectivity index (χ0v) is 7.45. The van der Waals surface area contributed by atoms with Crippen molar-refractivity contribution in [3.8, 4) is 0 Å². The van der Waals surface area contributed by atoms with Crippen LogP contribution in [0, 0.1) is 5.92 Å². The second-order valence-corrected chi connectivity index (χ2v) is 2.46. The van der Waals surface area contributed by atoms with E-state index in [1.807, 2.05) is 13.0 Å². The Morgan fingerprint density at radius 3 is 2.50 bits per heavy atom. The molecule has 2 nitrogen and oxygen atoms in total. The Hall–Kier alpha value is -1.31. The summed E-state index contributed by atoms with van der Waals surface area (Å²) in [6.45, 7) is 7.07. The number of carbonyl (C=O) groups is 1. The number of carboxylic acids is 1. The van der Waals surface area contributed by atoms with Gasteiger partial charge in [-0.25, -0.2) is 0 Å². The van der Waals surface area contributed by atoms with Crippen LogP contribution in [0.15, 0.2) is 36.5 Å². The van der Waals surface area contributed by atoms with Crippen molar-refractivity contribution in [2.24, 2.45) is 5.92 Å². The van der Waals surface area contributed by atoms with E-state index in [4.69, 9.17) is 5.11 Å². The van der Waals surface area contributed by atoms with E-state index in [0.717, 1.165) is 5.57 Å². The molecule has 66 valence electrons. The average molecular weight is 166 g/mol. The fraction of sp³-hybridized carbons (Fsp3) is 0.300. The molecule has 1 N–H and O–H groups in total. The first-order valence-electron chi connectivity index (χ1n) is 3.81. The third-order valence-corrected chi connectivity index (χ3v) is 1.59. The number of hydrogen-bond acceptors (Lipinski definition) is 1. The van der Waals surface area contributed by atoms with Crippen LogP contribution in [0.3, 0.4) is 0 Å². The molecular formula is C10H14O2. The van der Waals surface area contributed by atoms with Gasteiger partial charge < -0.3 is 5.11 Å². The number of carboxylic acid groups (broad SMARTS) is 1. The molecule has 0 aromatic rings. The van der Waals surface area contributed by atoms with E-state index in [0.29, 0.717) is 0 Å². The van der Waals surface area contributed by atoms with Crippen molar-refractivity contribution in [1.82, 2.24) is 0 Å². The van der Waals surface area contributed by atoms with Gasteiger partial charge in [-0.1, -0.05) is 30.9 Å². The zero-order chi connectivity index (χ0) is 9.56. The first-order valence-corrected chi connectivity index (χ1v) is 3.81. The maximum absolute atomic E-state index is 10.6. The smallest absolute Gasteiger partial charge is 0.310 e. The van der Waals surface area contributed by atoms with Gasteiger partial charge in [0.15, 0.2) is 0 Å². The summed E-state index contributed by atoms with van der Waals surface area (Å²) in [5, 5.41) is 8.67. The lowest BCUT2D eigenvalue weighted by Crippen LogP contribution is -2.10. The molecule has 0 aromatic heterocycles. The molecule has 0 radical (unpaired) electrons. The second kappa shape index (κ2) is 5.35. The summed E-state index contributed by atoms with van der Waals surface area (Å²) < 4.78 is 0. The Bertz CT molecular complexity index is 224. The molecule has 0 amide bonds. The van der Waals surface area contributed by atoms with Crippen LogP contribution in [-0.2, 0) is 4.79 Å². The molecule has 1 unspecified atom stereocenters. The number of aliphatic carboxylic acids is 1. The highest BCUT2D eigenvalue weighted by Gasteiger charge is 2.12. The standard InChI is InChI=1S/C10H14O2/c1-4-6-7-9(5-2)8(3)10(11)12/h4-8H,2H2,1,3H3,(H,11,12)/b6-4-,9-7+. The first kappa shape index (κ1) is 10.7.